The van der Waals surface area contributed by atoms with E-state index in [0.29, 0.717) is 12.0 Å². The molecule has 0 bridgehead atoms. The van der Waals surface area contributed by atoms with Crippen LogP contribution in [0.15, 0.2) is 12.2 Å². The van der Waals surface area contributed by atoms with Gasteiger partial charge in [-0.05, 0) is 58.5 Å². The number of nitrogens with zero attached hydrogens (tertiary/aromatic N) is 1. The van der Waals surface area contributed by atoms with Crippen molar-refractivity contribution in [1.82, 2.24) is 4.90 Å². The molecule has 1 saturated carbocycles. The Morgan fingerprint density at radius 2 is 1.81 bits per heavy atom. The first kappa shape index (κ1) is 18.7. The summed E-state index contributed by atoms with van der Waals surface area (Å²) in [6.45, 7) is 13.7. The zero-order valence-electron chi connectivity index (χ0n) is 14.5. The van der Waals surface area contributed by atoms with E-state index in [4.69, 9.17) is 9.47 Å². The molecule has 3 atom stereocenters. The van der Waals surface area contributed by atoms with Gasteiger partial charge in [0.05, 0.1) is 12.2 Å². The van der Waals surface area contributed by atoms with Crippen LogP contribution < -0.4 is 0 Å². The lowest BCUT2D eigenvalue weighted by Gasteiger charge is -2.35. The zero-order chi connectivity index (χ0) is 15.5. The molecule has 1 rings (SSSR count). The highest BCUT2D eigenvalue weighted by atomic mass is 16.5. The highest BCUT2D eigenvalue weighted by Crippen LogP contribution is 2.29. The summed E-state index contributed by atoms with van der Waals surface area (Å²) in [4.78, 5) is 2.45. The molecule has 0 amide bonds. The molecule has 3 nitrogen and oxygen atoms in total. The molecule has 0 saturated heterocycles. The summed E-state index contributed by atoms with van der Waals surface area (Å²) < 4.78 is 12.1. The summed E-state index contributed by atoms with van der Waals surface area (Å²) in [6.07, 6.45) is 9.66. The molecule has 1 fully saturated rings. The Kier molecular flexibility index (Phi) is 9.98. The summed E-state index contributed by atoms with van der Waals surface area (Å²) >= 11 is 0. The Bertz CT molecular complexity index is 276. The van der Waals surface area contributed by atoms with Crippen LogP contribution in [0.25, 0.3) is 0 Å². The average molecular weight is 297 g/mol. The van der Waals surface area contributed by atoms with Gasteiger partial charge < -0.3 is 14.4 Å². The molecule has 1 aliphatic rings. The average Bonchev–Trinajstić information content (AvgIpc) is 2.50. The summed E-state index contributed by atoms with van der Waals surface area (Å²) in [5.41, 5.74) is 0. The lowest BCUT2D eigenvalue weighted by atomic mass is 9.85. The number of allylic oxidation sites excluding steroid dienone is 2. The molecule has 3 unspecified atom stereocenters. The van der Waals surface area contributed by atoms with Crippen molar-refractivity contribution in [1.29, 1.82) is 0 Å². The Morgan fingerprint density at radius 1 is 1.05 bits per heavy atom. The van der Waals surface area contributed by atoms with Gasteiger partial charge in [-0.25, -0.2) is 0 Å². The molecule has 1 aliphatic carbocycles. The smallest absolute Gasteiger partial charge is 0.0842 e. The SMILES string of the molecule is CC=CC1CCC(OCC)C(OCCCN(CC)CC)C1. The van der Waals surface area contributed by atoms with Gasteiger partial charge in [0, 0.05) is 19.8 Å². The Morgan fingerprint density at radius 3 is 2.43 bits per heavy atom. The number of hydrogen-bond donors (Lipinski definition) is 0. The Labute approximate surface area is 131 Å². The van der Waals surface area contributed by atoms with Crippen LogP contribution in [0.5, 0.6) is 0 Å². The van der Waals surface area contributed by atoms with Crippen LogP contribution in [0.3, 0.4) is 0 Å². The fourth-order valence-electron chi connectivity index (χ4n) is 3.22. The van der Waals surface area contributed by atoms with Crippen LogP contribution in [-0.2, 0) is 9.47 Å². The monoisotopic (exact) mass is 297 g/mol. The highest BCUT2D eigenvalue weighted by molar-refractivity contribution is 4.93. The predicted molar refractivity (Wildman–Crippen MR) is 89.7 cm³/mol. The van der Waals surface area contributed by atoms with Crippen molar-refractivity contribution in [2.24, 2.45) is 5.92 Å². The Hall–Kier alpha value is -0.380. The molecule has 0 aromatic carbocycles. The van der Waals surface area contributed by atoms with Crippen LogP contribution in [0, 0.1) is 5.92 Å². The molecule has 21 heavy (non-hydrogen) atoms. The molecule has 0 N–H and O–H groups in total. The van der Waals surface area contributed by atoms with Crippen molar-refractivity contribution in [2.45, 2.75) is 65.6 Å². The maximum absolute atomic E-state index is 6.18. The predicted octanol–water partition coefficient (Wildman–Crippen LogP) is 3.88. The summed E-state index contributed by atoms with van der Waals surface area (Å²) in [7, 11) is 0. The van der Waals surface area contributed by atoms with Gasteiger partial charge in [0.25, 0.3) is 0 Å². The van der Waals surface area contributed by atoms with Gasteiger partial charge in [0.1, 0.15) is 0 Å². The van der Waals surface area contributed by atoms with E-state index in [1.165, 1.54) is 6.42 Å². The minimum atomic E-state index is 0.275. The number of hydrogen-bond acceptors (Lipinski definition) is 3. The third kappa shape index (κ3) is 6.94. The standard InChI is InChI=1S/C18H35NO2/c1-5-10-16-11-12-17(20-8-4)18(15-16)21-14-9-13-19(6-2)7-3/h5,10,16-18H,6-9,11-15H2,1-4H3. The van der Waals surface area contributed by atoms with E-state index in [1.807, 2.05) is 0 Å². The van der Waals surface area contributed by atoms with Gasteiger partial charge in [-0.3, -0.25) is 0 Å². The second kappa shape index (κ2) is 11.2. The first-order chi connectivity index (χ1) is 10.2. The quantitative estimate of drug-likeness (QED) is 0.451. The molecule has 0 aromatic rings. The van der Waals surface area contributed by atoms with E-state index < -0.39 is 0 Å². The lowest BCUT2D eigenvalue weighted by molar-refractivity contribution is -0.0968. The minimum Gasteiger partial charge on any atom is -0.376 e. The van der Waals surface area contributed by atoms with Crippen molar-refractivity contribution >= 4 is 0 Å². The third-order valence-corrected chi connectivity index (χ3v) is 4.46. The summed E-state index contributed by atoms with van der Waals surface area (Å²) in [6, 6.07) is 0. The maximum atomic E-state index is 6.18. The van der Waals surface area contributed by atoms with Crippen molar-refractivity contribution in [2.75, 3.05) is 32.8 Å². The molecule has 124 valence electrons. The normalized spacial score (nSPS) is 26.8. The van der Waals surface area contributed by atoms with Crippen LogP contribution in [0.4, 0.5) is 0 Å². The fraction of sp³-hybridized carbons (Fsp3) is 0.889. The third-order valence-electron chi connectivity index (χ3n) is 4.46. The molecule has 0 spiro atoms. The molecular formula is C18H35NO2. The highest BCUT2D eigenvalue weighted by Gasteiger charge is 2.30. The zero-order valence-corrected chi connectivity index (χ0v) is 14.5. The van der Waals surface area contributed by atoms with E-state index in [-0.39, 0.29) is 6.10 Å². The van der Waals surface area contributed by atoms with E-state index in [9.17, 15) is 0 Å². The minimum absolute atomic E-state index is 0.275. The van der Waals surface area contributed by atoms with E-state index in [0.717, 1.165) is 52.1 Å². The number of rotatable bonds is 10. The van der Waals surface area contributed by atoms with Gasteiger partial charge >= 0.3 is 0 Å². The molecule has 0 radical (unpaired) electrons. The maximum Gasteiger partial charge on any atom is 0.0842 e. The van der Waals surface area contributed by atoms with Crippen LogP contribution in [-0.4, -0.2) is 50.0 Å². The first-order valence-corrected chi connectivity index (χ1v) is 8.83. The van der Waals surface area contributed by atoms with Gasteiger partial charge in [0.2, 0.25) is 0 Å². The topological polar surface area (TPSA) is 21.7 Å². The van der Waals surface area contributed by atoms with Gasteiger partial charge in [-0.1, -0.05) is 26.0 Å². The molecule has 0 heterocycles. The van der Waals surface area contributed by atoms with Crippen molar-refractivity contribution in [3.8, 4) is 0 Å². The van der Waals surface area contributed by atoms with Crippen molar-refractivity contribution < 1.29 is 9.47 Å². The van der Waals surface area contributed by atoms with Gasteiger partial charge in [0.15, 0.2) is 0 Å². The first-order valence-electron chi connectivity index (χ1n) is 8.83. The van der Waals surface area contributed by atoms with E-state index in [2.05, 4.69) is 44.7 Å². The van der Waals surface area contributed by atoms with Gasteiger partial charge in [-0.15, -0.1) is 0 Å². The summed E-state index contributed by atoms with van der Waals surface area (Å²) in [5, 5.41) is 0. The molecule has 0 aliphatic heterocycles. The molecule has 0 aromatic heterocycles. The van der Waals surface area contributed by atoms with Crippen LogP contribution in [0.1, 0.15) is 53.4 Å². The Balaban J connectivity index is 2.35. The van der Waals surface area contributed by atoms with Crippen molar-refractivity contribution in [3.63, 3.8) is 0 Å². The second-order valence-corrected chi connectivity index (χ2v) is 5.88. The van der Waals surface area contributed by atoms with Crippen LogP contribution >= 0.6 is 0 Å². The van der Waals surface area contributed by atoms with Crippen molar-refractivity contribution in [3.05, 3.63) is 12.2 Å². The van der Waals surface area contributed by atoms with Gasteiger partial charge in [-0.2, -0.15) is 0 Å². The molecular weight excluding hydrogens is 262 g/mol. The molecule has 3 heteroatoms. The fourth-order valence-corrected chi connectivity index (χ4v) is 3.22. The summed E-state index contributed by atoms with van der Waals surface area (Å²) in [5.74, 6) is 0.666. The number of ether oxygens (including phenoxy) is 2. The second-order valence-electron chi connectivity index (χ2n) is 5.88. The largest absolute Gasteiger partial charge is 0.376 e. The lowest BCUT2D eigenvalue weighted by Crippen LogP contribution is -2.38. The van der Waals surface area contributed by atoms with E-state index >= 15 is 0 Å². The van der Waals surface area contributed by atoms with E-state index in [1.54, 1.807) is 0 Å². The van der Waals surface area contributed by atoms with Crippen LogP contribution in [0.2, 0.25) is 0 Å².